The molecule has 1 aliphatic rings. The zero-order valence-corrected chi connectivity index (χ0v) is 10.5. The lowest BCUT2D eigenvalue weighted by molar-refractivity contribution is 0.479. The summed E-state index contributed by atoms with van der Waals surface area (Å²) >= 11 is 0. The van der Waals surface area contributed by atoms with Crippen LogP contribution in [0.25, 0.3) is 0 Å². The number of anilines is 2. The van der Waals surface area contributed by atoms with Crippen molar-refractivity contribution in [3.8, 4) is 0 Å². The molecule has 0 amide bonds. The van der Waals surface area contributed by atoms with Crippen LogP contribution < -0.4 is 16.0 Å². The normalized spacial score (nSPS) is 20.3. The van der Waals surface area contributed by atoms with Crippen LogP contribution in [0.5, 0.6) is 0 Å². The second-order valence-electron chi connectivity index (χ2n) is 4.78. The molecule has 2 heterocycles. The fraction of sp³-hybridized carbons (Fsp3) is 0.667. The van der Waals surface area contributed by atoms with Crippen molar-refractivity contribution < 1.29 is 0 Å². The summed E-state index contributed by atoms with van der Waals surface area (Å²) in [6, 6.07) is 2.83. The van der Waals surface area contributed by atoms with Gasteiger partial charge in [0.25, 0.3) is 0 Å². The first-order chi connectivity index (χ1) is 8.24. The van der Waals surface area contributed by atoms with E-state index in [-0.39, 0.29) is 0 Å². The number of piperidine rings is 1. The lowest BCUT2D eigenvalue weighted by atomic mass is 10.1. The van der Waals surface area contributed by atoms with Crippen LogP contribution in [0, 0.1) is 0 Å². The number of hydrogen-bond acceptors (Lipinski definition) is 5. The van der Waals surface area contributed by atoms with Gasteiger partial charge in [0.2, 0.25) is 0 Å². The molecule has 1 unspecified atom stereocenters. The Labute approximate surface area is 102 Å². The zero-order valence-electron chi connectivity index (χ0n) is 10.5. The molecular weight excluding hydrogens is 214 g/mol. The molecule has 0 bridgehead atoms. The molecule has 5 nitrogen and oxygen atoms in total. The van der Waals surface area contributed by atoms with Gasteiger partial charge in [-0.3, -0.25) is 0 Å². The van der Waals surface area contributed by atoms with Crippen LogP contribution >= 0.6 is 0 Å². The lowest BCUT2D eigenvalue weighted by Crippen LogP contribution is -2.38. The summed E-state index contributed by atoms with van der Waals surface area (Å²) in [6.07, 6.45) is 4.02. The van der Waals surface area contributed by atoms with Gasteiger partial charge in [0.15, 0.2) is 0 Å². The predicted octanol–water partition coefficient (Wildman–Crippen LogP) is 1.46. The molecule has 1 aliphatic heterocycles. The molecule has 0 saturated carbocycles. The fourth-order valence-electron chi connectivity index (χ4n) is 2.00. The molecule has 0 spiro atoms. The van der Waals surface area contributed by atoms with Gasteiger partial charge in [-0.25, -0.2) is 9.97 Å². The largest absolute Gasteiger partial charge is 0.368 e. The standard InChI is InChI=1S/C12H21N5/c1-9(2)16-11-6-12(15-8-14-11)17-10-4-3-5-13-7-10/h6,8-10,13H,3-5,7H2,1-2H3,(H2,14,15,16,17). The number of nitrogens with zero attached hydrogens (tertiary/aromatic N) is 2. The van der Waals surface area contributed by atoms with Gasteiger partial charge in [-0.1, -0.05) is 0 Å². The van der Waals surface area contributed by atoms with Gasteiger partial charge in [-0.15, -0.1) is 0 Å². The van der Waals surface area contributed by atoms with Gasteiger partial charge < -0.3 is 16.0 Å². The molecule has 1 aromatic rings. The number of nitrogens with one attached hydrogen (secondary N) is 3. The average Bonchev–Trinajstić information content (AvgIpc) is 2.30. The van der Waals surface area contributed by atoms with Gasteiger partial charge in [-0.2, -0.15) is 0 Å². The summed E-state index contributed by atoms with van der Waals surface area (Å²) in [6.45, 7) is 6.33. The molecule has 1 aromatic heterocycles. The van der Waals surface area contributed by atoms with Crippen molar-refractivity contribution in [3.63, 3.8) is 0 Å². The molecule has 0 aliphatic carbocycles. The van der Waals surface area contributed by atoms with E-state index in [1.165, 1.54) is 12.8 Å². The van der Waals surface area contributed by atoms with Crippen molar-refractivity contribution in [2.45, 2.75) is 38.8 Å². The molecule has 3 N–H and O–H groups in total. The Hall–Kier alpha value is -1.36. The molecule has 1 saturated heterocycles. The van der Waals surface area contributed by atoms with Crippen molar-refractivity contribution in [3.05, 3.63) is 12.4 Å². The highest BCUT2D eigenvalue weighted by atomic mass is 15.1. The SMILES string of the molecule is CC(C)Nc1cc(NC2CCCNC2)ncn1. The molecule has 5 heteroatoms. The maximum Gasteiger partial charge on any atom is 0.131 e. The van der Waals surface area contributed by atoms with E-state index in [1.54, 1.807) is 6.33 Å². The van der Waals surface area contributed by atoms with E-state index in [0.717, 1.165) is 24.7 Å². The number of rotatable bonds is 4. The summed E-state index contributed by atoms with van der Waals surface area (Å²) in [5.74, 6) is 1.78. The van der Waals surface area contributed by atoms with Crippen molar-refractivity contribution >= 4 is 11.6 Å². The summed E-state index contributed by atoms with van der Waals surface area (Å²) in [7, 11) is 0. The molecule has 0 radical (unpaired) electrons. The molecule has 94 valence electrons. The van der Waals surface area contributed by atoms with Gasteiger partial charge in [-0.05, 0) is 33.2 Å². The highest BCUT2D eigenvalue weighted by Gasteiger charge is 2.13. The second-order valence-corrected chi connectivity index (χ2v) is 4.78. The Kier molecular flexibility index (Phi) is 4.14. The monoisotopic (exact) mass is 235 g/mol. The Morgan fingerprint density at radius 2 is 2.18 bits per heavy atom. The quantitative estimate of drug-likeness (QED) is 0.737. The van der Waals surface area contributed by atoms with E-state index in [4.69, 9.17) is 0 Å². The topological polar surface area (TPSA) is 61.9 Å². The van der Waals surface area contributed by atoms with Crippen molar-refractivity contribution in [1.82, 2.24) is 15.3 Å². The van der Waals surface area contributed by atoms with E-state index in [1.807, 2.05) is 6.07 Å². The van der Waals surface area contributed by atoms with E-state index in [2.05, 4.69) is 39.8 Å². The Morgan fingerprint density at radius 3 is 2.88 bits per heavy atom. The van der Waals surface area contributed by atoms with Crippen LogP contribution in [0.1, 0.15) is 26.7 Å². The smallest absolute Gasteiger partial charge is 0.131 e. The van der Waals surface area contributed by atoms with Crippen LogP contribution in [0.15, 0.2) is 12.4 Å². The maximum atomic E-state index is 4.25. The van der Waals surface area contributed by atoms with Gasteiger partial charge in [0, 0.05) is 24.7 Å². The lowest BCUT2D eigenvalue weighted by Gasteiger charge is -2.24. The van der Waals surface area contributed by atoms with Crippen molar-refractivity contribution in [1.29, 1.82) is 0 Å². The minimum absolute atomic E-state index is 0.383. The minimum atomic E-state index is 0.383. The first-order valence-electron chi connectivity index (χ1n) is 6.30. The Morgan fingerprint density at radius 1 is 1.35 bits per heavy atom. The third-order valence-corrected chi connectivity index (χ3v) is 2.75. The van der Waals surface area contributed by atoms with E-state index >= 15 is 0 Å². The minimum Gasteiger partial charge on any atom is -0.368 e. The Bertz CT molecular complexity index is 347. The summed E-state index contributed by atoms with van der Waals surface area (Å²) in [5, 5.41) is 10.1. The first kappa shape index (κ1) is 12.1. The Balaban J connectivity index is 1.95. The maximum absolute atomic E-state index is 4.25. The van der Waals surface area contributed by atoms with Crippen LogP contribution in [0.2, 0.25) is 0 Å². The number of aromatic nitrogens is 2. The highest BCUT2D eigenvalue weighted by Crippen LogP contribution is 2.13. The van der Waals surface area contributed by atoms with Crippen LogP contribution in [0.3, 0.4) is 0 Å². The predicted molar refractivity (Wildman–Crippen MR) is 70.3 cm³/mol. The van der Waals surface area contributed by atoms with E-state index < -0.39 is 0 Å². The number of hydrogen-bond donors (Lipinski definition) is 3. The van der Waals surface area contributed by atoms with E-state index in [9.17, 15) is 0 Å². The van der Waals surface area contributed by atoms with Crippen LogP contribution in [0.4, 0.5) is 11.6 Å². The summed E-state index contributed by atoms with van der Waals surface area (Å²) in [4.78, 5) is 8.45. The van der Waals surface area contributed by atoms with Gasteiger partial charge in [0.1, 0.15) is 18.0 Å². The molecular formula is C12H21N5. The second kappa shape index (κ2) is 5.82. The first-order valence-corrected chi connectivity index (χ1v) is 6.30. The summed E-state index contributed by atoms with van der Waals surface area (Å²) < 4.78 is 0. The third-order valence-electron chi connectivity index (χ3n) is 2.75. The molecule has 17 heavy (non-hydrogen) atoms. The van der Waals surface area contributed by atoms with Crippen LogP contribution in [-0.2, 0) is 0 Å². The highest BCUT2D eigenvalue weighted by molar-refractivity contribution is 5.47. The van der Waals surface area contributed by atoms with Gasteiger partial charge >= 0.3 is 0 Å². The molecule has 1 atom stereocenters. The third kappa shape index (κ3) is 3.85. The van der Waals surface area contributed by atoms with E-state index in [0.29, 0.717) is 12.1 Å². The van der Waals surface area contributed by atoms with Crippen LogP contribution in [-0.4, -0.2) is 35.1 Å². The molecule has 2 rings (SSSR count). The van der Waals surface area contributed by atoms with Gasteiger partial charge in [0.05, 0.1) is 0 Å². The van der Waals surface area contributed by atoms with Crippen molar-refractivity contribution in [2.75, 3.05) is 23.7 Å². The molecule has 1 fully saturated rings. The fourth-order valence-corrected chi connectivity index (χ4v) is 2.00. The van der Waals surface area contributed by atoms with Crippen molar-refractivity contribution in [2.24, 2.45) is 0 Å². The zero-order chi connectivity index (χ0) is 12.1. The summed E-state index contributed by atoms with van der Waals surface area (Å²) in [5.41, 5.74) is 0. The average molecular weight is 235 g/mol. The molecule has 0 aromatic carbocycles.